The van der Waals surface area contributed by atoms with Crippen molar-refractivity contribution in [3.63, 3.8) is 0 Å². The number of hydrogen-bond acceptors (Lipinski definition) is 3. The number of sulfonamides is 1. The zero-order chi connectivity index (χ0) is 15.6. The van der Waals surface area contributed by atoms with Crippen molar-refractivity contribution in [2.75, 3.05) is 6.54 Å². The summed E-state index contributed by atoms with van der Waals surface area (Å²) in [5.74, 6) is -1.36. The highest BCUT2D eigenvalue weighted by atomic mass is 32.2. The van der Waals surface area contributed by atoms with Crippen LogP contribution in [0.1, 0.15) is 22.8 Å². The van der Waals surface area contributed by atoms with E-state index < -0.39 is 33.6 Å². The number of aryl methyl sites for hydroxylation is 1. The highest BCUT2D eigenvalue weighted by Crippen LogP contribution is 2.20. The minimum atomic E-state index is -4.69. The van der Waals surface area contributed by atoms with E-state index in [0.717, 1.165) is 6.07 Å². The lowest BCUT2D eigenvalue weighted by atomic mass is 10.1. The number of rotatable bonds is 5. The Bertz CT molecular complexity index is 611. The maximum Gasteiger partial charge on any atom is 0.402 e. The first-order valence-corrected chi connectivity index (χ1v) is 6.98. The van der Waals surface area contributed by atoms with Gasteiger partial charge in [0.1, 0.15) is 6.54 Å². The van der Waals surface area contributed by atoms with Crippen LogP contribution in [-0.2, 0) is 16.4 Å². The van der Waals surface area contributed by atoms with E-state index in [1.807, 2.05) is 0 Å². The third kappa shape index (κ3) is 4.20. The number of carboxylic acids is 1. The average molecular weight is 311 g/mol. The molecule has 112 valence electrons. The van der Waals surface area contributed by atoms with Crippen molar-refractivity contribution in [2.45, 2.75) is 24.4 Å². The molecule has 9 heteroatoms. The third-order valence-electron chi connectivity index (χ3n) is 2.45. The normalized spacial score (nSPS) is 12.4. The van der Waals surface area contributed by atoms with Crippen molar-refractivity contribution >= 4 is 16.0 Å². The largest absolute Gasteiger partial charge is 0.478 e. The van der Waals surface area contributed by atoms with E-state index in [-0.39, 0.29) is 17.5 Å². The fraction of sp³-hybridized carbons (Fsp3) is 0.364. The molecule has 0 atom stereocenters. The molecule has 1 rings (SSSR count). The van der Waals surface area contributed by atoms with Gasteiger partial charge in [-0.25, -0.2) is 17.9 Å². The summed E-state index contributed by atoms with van der Waals surface area (Å²) in [7, 11) is -4.43. The molecule has 20 heavy (non-hydrogen) atoms. The van der Waals surface area contributed by atoms with Crippen molar-refractivity contribution < 1.29 is 31.5 Å². The molecule has 1 aromatic carbocycles. The van der Waals surface area contributed by atoms with E-state index in [1.165, 1.54) is 16.9 Å². The Morgan fingerprint density at radius 1 is 1.35 bits per heavy atom. The average Bonchev–Trinajstić information content (AvgIpc) is 2.35. The molecular weight excluding hydrogens is 299 g/mol. The number of aromatic carboxylic acids is 1. The van der Waals surface area contributed by atoms with Crippen LogP contribution in [0.2, 0.25) is 0 Å². The van der Waals surface area contributed by atoms with Gasteiger partial charge in [-0.05, 0) is 24.1 Å². The molecule has 0 bridgehead atoms. The second-order valence-corrected chi connectivity index (χ2v) is 5.66. The Kier molecular flexibility index (Phi) is 4.77. The molecule has 0 aromatic heterocycles. The topological polar surface area (TPSA) is 83.5 Å². The monoisotopic (exact) mass is 311 g/mol. The van der Waals surface area contributed by atoms with Crippen LogP contribution in [-0.4, -0.2) is 32.2 Å². The molecular formula is C11H12F3NO4S. The maximum absolute atomic E-state index is 12.1. The summed E-state index contributed by atoms with van der Waals surface area (Å²) in [6.45, 7) is -0.103. The van der Waals surface area contributed by atoms with Crippen molar-refractivity contribution in [1.29, 1.82) is 0 Å². The van der Waals surface area contributed by atoms with E-state index in [0.29, 0.717) is 0 Å². The number of hydrogen-bond donors (Lipinski definition) is 2. The van der Waals surface area contributed by atoms with Gasteiger partial charge in [-0.1, -0.05) is 13.0 Å². The number of benzene rings is 1. The maximum atomic E-state index is 12.1. The summed E-state index contributed by atoms with van der Waals surface area (Å²) in [4.78, 5) is 10.3. The fourth-order valence-electron chi connectivity index (χ4n) is 1.48. The smallest absolute Gasteiger partial charge is 0.402 e. The summed E-state index contributed by atoms with van der Waals surface area (Å²) in [5.41, 5.74) is -0.0701. The van der Waals surface area contributed by atoms with Crippen LogP contribution in [0.15, 0.2) is 23.1 Å². The van der Waals surface area contributed by atoms with Gasteiger partial charge in [0, 0.05) is 0 Å². The van der Waals surface area contributed by atoms with Gasteiger partial charge in [-0.15, -0.1) is 0 Å². The Labute approximate surface area is 113 Å². The molecule has 0 aliphatic carbocycles. The Morgan fingerprint density at radius 3 is 2.40 bits per heavy atom. The summed E-state index contributed by atoms with van der Waals surface area (Å²) >= 11 is 0. The van der Waals surface area contributed by atoms with E-state index >= 15 is 0 Å². The molecule has 0 heterocycles. The van der Waals surface area contributed by atoms with E-state index in [1.54, 1.807) is 6.92 Å². The van der Waals surface area contributed by atoms with E-state index in [9.17, 15) is 26.4 Å². The second-order valence-electron chi connectivity index (χ2n) is 3.92. The summed E-state index contributed by atoms with van der Waals surface area (Å²) < 4.78 is 61.3. The highest BCUT2D eigenvalue weighted by Gasteiger charge is 2.31. The van der Waals surface area contributed by atoms with Gasteiger partial charge in [0.2, 0.25) is 10.0 Å². The van der Waals surface area contributed by atoms with Crippen LogP contribution in [0.4, 0.5) is 13.2 Å². The van der Waals surface area contributed by atoms with Crippen molar-refractivity contribution in [3.8, 4) is 0 Å². The molecule has 0 aliphatic rings. The van der Waals surface area contributed by atoms with Gasteiger partial charge >= 0.3 is 12.1 Å². The molecule has 1 aromatic rings. The van der Waals surface area contributed by atoms with Crippen LogP contribution < -0.4 is 4.72 Å². The number of halogens is 3. The quantitative estimate of drug-likeness (QED) is 0.868. The molecule has 2 N–H and O–H groups in total. The third-order valence-corrected chi connectivity index (χ3v) is 3.93. The van der Waals surface area contributed by atoms with Crippen molar-refractivity contribution in [2.24, 2.45) is 0 Å². The van der Waals surface area contributed by atoms with Crippen molar-refractivity contribution in [1.82, 2.24) is 4.72 Å². The van der Waals surface area contributed by atoms with Crippen molar-refractivity contribution in [3.05, 3.63) is 29.3 Å². The molecule has 0 aliphatic heterocycles. The number of nitrogens with one attached hydrogen (secondary N) is 1. The van der Waals surface area contributed by atoms with Crippen LogP contribution in [0.25, 0.3) is 0 Å². The minimum Gasteiger partial charge on any atom is -0.478 e. The Balaban J connectivity index is 3.21. The highest BCUT2D eigenvalue weighted by molar-refractivity contribution is 7.89. The van der Waals surface area contributed by atoms with Crippen LogP contribution in [0.3, 0.4) is 0 Å². The lowest BCUT2D eigenvalue weighted by Gasteiger charge is -2.12. The molecule has 0 spiro atoms. The van der Waals surface area contributed by atoms with Gasteiger partial charge in [0.15, 0.2) is 0 Å². The minimum absolute atomic E-state index is 0.238. The van der Waals surface area contributed by atoms with Gasteiger partial charge in [0.25, 0.3) is 0 Å². The van der Waals surface area contributed by atoms with Gasteiger partial charge in [-0.2, -0.15) is 13.2 Å². The predicted molar refractivity (Wildman–Crippen MR) is 64.0 cm³/mol. The van der Waals surface area contributed by atoms with Crippen LogP contribution in [0, 0.1) is 0 Å². The first kappa shape index (κ1) is 16.4. The zero-order valence-electron chi connectivity index (χ0n) is 10.4. The first-order chi connectivity index (χ1) is 9.07. The molecule has 5 nitrogen and oxygen atoms in total. The van der Waals surface area contributed by atoms with Gasteiger partial charge in [-0.3, -0.25) is 0 Å². The summed E-state index contributed by atoms with van der Waals surface area (Å²) in [6.07, 6.45) is -4.45. The number of carboxylic acid groups (broad SMARTS) is 1. The van der Waals surface area contributed by atoms with Gasteiger partial charge < -0.3 is 5.11 Å². The standard InChI is InChI=1S/C11H12F3NO4S/c1-2-7-3-4-8(10(16)17)5-9(7)20(18,19)15-6-11(12,13)14/h3-5,15H,2,6H2,1H3,(H,16,17). The van der Waals surface area contributed by atoms with E-state index in [2.05, 4.69) is 0 Å². The van der Waals surface area contributed by atoms with Crippen LogP contribution in [0.5, 0.6) is 0 Å². The van der Waals surface area contributed by atoms with Gasteiger partial charge in [0.05, 0.1) is 10.5 Å². The number of carbonyl (C=O) groups is 1. The second kappa shape index (κ2) is 5.80. The fourth-order valence-corrected chi connectivity index (χ4v) is 2.83. The van der Waals surface area contributed by atoms with E-state index in [4.69, 9.17) is 5.11 Å². The lowest BCUT2D eigenvalue weighted by molar-refractivity contribution is -0.121. The molecule has 0 fully saturated rings. The molecule has 0 unspecified atom stereocenters. The molecule has 0 radical (unpaired) electrons. The molecule has 0 saturated heterocycles. The summed E-state index contributed by atoms with van der Waals surface area (Å²) in [5, 5.41) is 8.80. The Hall–Kier alpha value is -1.61. The SMILES string of the molecule is CCc1ccc(C(=O)O)cc1S(=O)(=O)NCC(F)(F)F. The predicted octanol–water partition coefficient (Wildman–Crippen LogP) is 1.79. The Morgan fingerprint density at radius 2 is 1.95 bits per heavy atom. The van der Waals surface area contributed by atoms with Crippen LogP contribution >= 0.6 is 0 Å². The zero-order valence-corrected chi connectivity index (χ0v) is 11.2. The molecule has 0 saturated carbocycles. The number of alkyl halides is 3. The first-order valence-electron chi connectivity index (χ1n) is 5.49. The summed E-state index contributed by atoms with van der Waals surface area (Å²) in [6, 6.07) is 3.31. The lowest BCUT2D eigenvalue weighted by Crippen LogP contribution is -2.34. The molecule has 0 amide bonds.